The Labute approximate surface area is 229 Å². The van der Waals surface area contributed by atoms with Gasteiger partial charge in [-0.05, 0) is 16.8 Å². The third-order valence-electron chi connectivity index (χ3n) is 5.65. The van der Waals surface area contributed by atoms with E-state index < -0.39 is 29.9 Å². The topological polar surface area (TPSA) is 233 Å². The van der Waals surface area contributed by atoms with E-state index in [9.17, 15) is 19.5 Å². The van der Waals surface area contributed by atoms with Crippen molar-refractivity contribution in [2.24, 2.45) is 5.16 Å². The van der Waals surface area contributed by atoms with E-state index in [1.807, 2.05) is 6.92 Å². The summed E-state index contributed by atoms with van der Waals surface area (Å²) in [5.41, 5.74) is 5.06. The van der Waals surface area contributed by atoms with Gasteiger partial charge in [-0.1, -0.05) is 36.7 Å². The van der Waals surface area contributed by atoms with Crippen LogP contribution in [0.5, 0.6) is 0 Å². The number of carboxylic acid groups (broad SMARTS) is 1. The van der Waals surface area contributed by atoms with E-state index in [0.29, 0.717) is 5.16 Å². The third-order valence-corrected chi connectivity index (χ3v) is 7.15. The number of amides is 2. The molecule has 2 aliphatic rings. The van der Waals surface area contributed by atoms with Crippen molar-refractivity contribution < 1.29 is 34.2 Å². The Balaban J connectivity index is 1.46. The molecule has 0 aliphatic carbocycles. The summed E-state index contributed by atoms with van der Waals surface area (Å²) in [6, 6.07) is -1.83. The van der Waals surface area contributed by atoms with Gasteiger partial charge in [0, 0.05) is 11.5 Å². The molecule has 0 bridgehead atoms. The third kappa shape index (κ3) is 6.25. The van der Waals surface area contributed by atoms with Gasteiger partial charge in [0.25, 0.3) is 11.8 Å². The summed E-state index contributed by atoms with van der Waals surface area (Å²) >= 11 is 1.96. The zero-order valence-corrected chi connectivity index (χ0v) is 22.4. The van der Waals surface area contributed by atoms with Crippen LogP contribution in [-0.4, -0.2) is 106 Å². The number of nitrogens with zero attached hydrogens (tertiary/aromatic N) is 8. The number of nitrogen functional groups attached to an aromatic ring is 1. The molecule has 0 unspecified atom stereocenters. The summed E-state index contributed by atoms with van der Waals surface area (Å²) in [7, 11) is 0. The minimum absolute atomic E-state index is 0.0179. The number of oxime groups is 1. The molecule has 0 radical (unpaired) electrons. The van der Waals surface area contributed by atoms with Crippen LogP contribution in [-0.2, 0) is 30.5 Å². The number of aliphatic hydroxyl groups is 1. The summed E-state index contributed by atoms with van der Waals surface area (Å²) < 4.78 is 11.1. The minimum Gasteiger partial charge on any atom is -0.492 e. The molecular formula is C20H26N10O7S2. The number of rotatable bonds is 14. The fraction of sp³-hybridized carbons (Fsp3) is 0.550. The number of fused-ring (bicyclic) bond motifs is 1. The van der Waals surface area contributed by atoms with Crippen LogP contribution in [0.4, 0.5) is 5.13 Å². The van der Waals surface area contributed by atoms with Crippen molar-refractivity contribution in [3.8, 4) is 0 Å². The average Bonchev–Trinajstić information content (AvgIpc) is 3.55. The average molecular weight is 583 g/mol. The van der Waals surface area contributed by atoms with Crippen LogP contribution in [0.2, 0.25) is 0 Å². The van der Waals surface area contributed by atoms with Gasteiger partial charge in [0.1, 0.15) is 31.1 Å². The largest absolute Gasteiger partial charge is 0.492 e. The molecule has 2 aromatic rings. The van der Waals surface area contributed by atoms with Crippen molar-refractivity contribution in [1.82, 2.24) is 39.8 Å². The molecule has 2 amide bonds. The van der Waals surface area contributed by atoms with Crippen LogP contribution in [0, 0.1) is 0 Å². The Bertz CT molecular complexity index is 1280. The maximum absolute atomic E-state index is 13.1. The number of β-lactam (4-membered cyclic amide) rings is 1. The van der Waals surface area contributed by atoms with Gasteiger partial charge in [0.05, 0.1) is 18.9 Å². The Hall–Kier alpha value is -3.84. The molecule has 17 nitrogen and oxygen atoms in total. The first-order valence-corrected chi connectivity index (χ1v) is 13.6. The highest BCUT2D eigenvalue weighted by atomic mass is 32.2. The summed E-state index contributed by atoms with van der Waals surface area (Å²) in [6.07, 6.45) is 2.63. The molecule has 2 atom stereocenters. The van der Waals surface area contributed by atoms with Crippen LogP contribution >= 0.6 is 23.3 Å². The van der Waals surface area contributed by atoms with Gasteiger partial charge < -0.3 is 30.8 Å². The molecule has 0 saturated carbocycles. The molecule has 5 N–H and O–H groups in total. The zero-order valence-electron chi connectivity index (χ0n) is 20.7. The van der Waals surface area contributed by atoms with Crippen LogP contribution in [0.3, 0.4) is 0 Å². The normalized spacial score (nSPS) is 18.9. The molecule has 0 aromatic carbocycles. The van der Waals surface area contributed by atoms with Crippen LogP contribution in [0.1, 0.15) is 32.0 Å². The number of thioether (sulfide) groups is 1. The van der Waals surface area contributed by atoms with E-state index in [4.69, 9.17) is 20.4 Å². The highest BCUT2D eigenvalue weighted by Crippen LogP contribution is 2.34. The second-order valence-corrected chi connectivity index (χ2v) is 9.97. The van der Waals surface area contributed by atoms with Gasteiger partial charge in [0.15, 0.2) is 10.8 Å². The van der Waals surface area contributed by atoms with Gasteiger partial charge in [-0.3, -0.25) is 14.5 Å². The lowest BCUT2D eigenvalue weighted by molar-refractivity contribution is -0.160. The highest BCUT2D eigenvalue weighted by molar-refractivity contribution is 7.99. The number of carboxylic acids is 1. The smallest absolute Gasteiger partial charge is 0.356 e. The molecule has 2 aliphatic heterocycles. The lowest BCUT2D eigenvalue weighted by Gasteiger charge is -2.49. The summed E-state index contributed by atoms with van der Waals surface area (Å²) in [6.45, 7) is 2.23. The maximum Gasteiger partial charge on any atom is 0.356 e. The number of carbonyl (C=O) groups is 3. The van der Waals surface area contributed by atoms with Gasteiger partial charge >= 0.3 is 5.97 Å². The number of hydrogen-bond donors (Lipinski definition) is 4. The molecular weight excluding hydrogens is 556 g/mol. The molecule has 0 spiro atoms. The molecule has 2 aromatic heterocycles. The fourth-order valence-electron chi connectivity index (χ4n) is 3.79. The molecule has 1 fully saturated rings. The number of anilines is 1. The molecule has 210 valence electrons. The summed E-state index contributed by atoms with van der Waals surface area (Å²) in [5.74, 6) is -2.76. The fourth-order valence-corrected chi connectivity index (χ4v) is 5.07. The van der Waals surface area contributed by atoms with E-state index in [-0.39, 0.29) is 60.2 Å². The maximum atomic E-state index is 13.1. The predicted molar refractivity (Wildman–Crippen MR) is 135 cm³/mol. The van der Waals surface area contributed by atoms with Crippen molar-refractivity contribution in [1.29, 1.82) is 0 Å². The second kappa shape index (κ2) is 12.8. The lowest BCUT2D eigenvalue weighted by Crippen LogP contribution is -2.73. The van der Waals surface area contributed by atoms with Crippen LogP contribution in [0.15, 0.2) is 21.8 Å². The Morgan fingerprint density at radius 3 is 2.90 bits per heavy atom. The number of aliphatic hydroxyl groups excluding tert-OH is 1. The Morgan fingerprint density at radius 1 is 1.38 bits per heavy atom. The first-order chi connectivity index (χ1) is 18.8. The number of ether oxygens (including phenoxy) is 1. The van der Waals surface area contributed by atoms with Gasteiger partial charge in [0.2, 0.25) is 16.7 Å². The van der Waals surface area contributed by atoms with Crippen molar-refractivity contribution >= 4 is 51.9 Å². The zero-order chi connectivity index (χ0) is 27.9. The number of unbranched alkanes of at least 4 members (excludes halogenated alkanes) is 2. The number of tetrazole rings is 1. The minimum atomic E-state index is -1.37. The highest BCUT2D eigenvalue weighted by Gasteiger charge is 2.55. The summed E-state index contributed by atoms with van der Waals surface area (Å²) in [5, 5.41) is 37.0. The monoisotopic (exact) mass is 582 g/mol. The van der Waals surface area contributed by atoms with Crippen LogP contribution < -0.4 is 11.1 Å². The molecule has 1 saturated heterocycles. The molecule has 39 heavy (non-hydrogen) atoms. The molecule has 4 heterocycles. The van der Waals surface area contributed by atoms with Gasteiger partial charge in [-0.25, -0.2) is 9.48 Å². The first-order valence-electron chi connectivity index (χ1n) is 11.9. The van der Waals surface area contributed by atoms with Crippen molar-refractivity contribution in [2.45, 2.75) is 50.0 Å². The Kier molecular flexibility index (Phi) is 9.25. The SMILES string of the molecule is CCCCCO/N=C(\C(=O)N[C@@H]1C(=O)N2C(C(=O)O)=C(CSc3nnnn3CCO)OC[C@H]12)c1nsc(N)n1. The number of hydrogen-bond acceptors (Lipinski definition) is 15. The number of carbonyl (C=O) groups excluding carboxylic acids is 2. The Morgan fingerprint density at radius 2 is 2.21 bits per heavy atom. The van der Waals surface area contributed by atoms with E-state index in [2.05, 4.69) is 35.4 Å². The number of nitrogens with one attached hydrogen (secondary N) is 1. The lowest BCUT2D eigenvalue weighted by atomic mass is 9.92. The van der Waals surface area contributed by atoms with Crippen molar-refractivity contribution in [3.63, 3.8) is 0 Å². The first kappa shape index (κ1) is 28.2. The number of nitrogens with two attached hydrogens (primary N) is 1. The standard InChI is InChI=1S/C20H26N10O7S2/c1-2-3-4-7-37-25-13(15-23-19(21)39-26-15)16(32)22-12-10-8-36-11(14(18(34)35)30(10)17(12)33)9-38-20-24-27-28-29(20)5-6-31/h10,12,31H,2-9H2,1H3,(H,22,32)(H,34,35)(H2,21,23,26)/b25-13-/t10-,12+/m1/s1. The van der Waals surface area contributed by atoms with Crippen molar-refractivity contribution in [2.75, 3.05) is 31.3 Å². The second-order valence-electron chi connectivity index (χ2n) is 8.25. The van der Waals surface area contributed by atoms with Gasteiger partial charge in [-0.15, -0.1) is 5.10 Å². The van der Waals surface area contributed by atoms with E-state index in [0.717, 1.165) is 47.5 Å². The van der Waals surface area contributed by atoms with Gasteiger partial charge in [-0.2, -0.15) is 9.36 Å². The number of aliphatic carboxylic acids is 1. The summed E-state index contributed by atoms with van der Waals surface area (Å²) in [4.78, 5) is 48.5. The van der Waals surface area contributed by atoms with E-state index in [1.165, 1.54) is 4.68 Å². The molecule has 4 rings (SSSR count). The quantitative estimate of drug-likeness (QED) is 0.0675. The van der Waals surface area contributed by atoms with Crippen LogP contribution in [0.25, 0.3) is 0 Å². The number of aromatic nitrogens is 6. The van der Waals surface area contributed by atoms with E-state index in [1.54, 1.807) is 0 Å². The van der Waals surface area contributed by atoms with Crippen molar-refractivity contribution in [3.05, 3.63) is 17.3 Å². The predicted octanol–water partition coefficient (Wildman–Crippen LogP) is -1.18. The molecule has 19 heteroatoms. The van der Waals surface area contributed by atoms with E-state index >= 15 is 0 Å².